The van der Waals surface area contributed by atoms with Crippen molar-refractivity contribution in [3.63, 3.8) is 0 Å². The van der Waals surface area contributed by atoms with Crippen molar-refractivity contribution in [3.05, 3.63) is 46.7 Å². The van der Waals surface area contributed by atoms with Gasteiger partial charge >= 0.3 is 0 Å². The molecule has 0 atom stereocenters. The lowest BCUT2D eigenvalue weighted by molar-refractivity contribution is -0.115. The number of hydrogen-bond acceptors (Lipinski definition) is 4. The Bertz CT molecular complexity index is 791. The number of nitrogens with one attached hydrogen (secondary N) is 1. The van der Waals surface area contributed by atoms with Gasteiger partial charge in [0.15, 0.2) is 0 Å². The van der Waals surface area contributed by atoms with Gasteiger partial charge in [0.25, 0.3) is 0 Å². The highest BCUT2D eigenvalue weighted by atomic mass is 32.2. The second kappa shape index (κ2) is 8.12. The molecule has 1 aliphatic heterocycles. The Morgan fingerprint density at radius 1 is 1.04 bits per heavy atom. The predicted octanol–water partition coefficient (Wildman–Crippen LogP) is 3.49. The molecule has 1 aliphatic rings. The number of rotatable bonds is 5. The summed E-state index contributed by atoms with van der Waals surface area (Å²) in [6.07, 6.45) is 4.32. The van der Waals surface area contributed by atoms with Crippen molar-refractivity contribution >= 4 is 33.0 Å². The van der Waals surface area contributed by atoms with Crippen molar-refractivity contribution in [2.45, 2.75) is 37.0 Å². The summed E-state index contributed by atoms with van der Waals surface area (Å²) < 4.78 is 27.0. The van der Waals surface area contributed by atoms with E-state index in [0.717, 1.165) is 30.6 Å². The van der Waals surface area contributed by atoms with Crippen LogP contribution in [-0.4, -0.2) is 31.7 Å². The third-order valence-corrected chi connectivity index (χ3v) is 7.05. The van der Waals surface area contributed by atoms with E-state index in [9.17, 15) is 13.2 Å². The lowest BCUT2D eigenvalue weighted by atomic mass is 10.2. The maximum Gasteiger partial charge on any atom is 0.243 e. The van der Waals surface area contributed by atoms with Gasteiger partial charge < -0.3 is 5.32 Å². The zero-order valence-corrected chi connectivity index (χ0v) is 15.6. The second-order valence-corrected chi connectivity index (χ2v) is 9.12. The van der Waals surface area contributed by atoms with Crippen LogP contribution in [0.4, 0.5) is 5.69 Å². The second-order valence-electron chi connectivity index (χ2n) is 6.15. The Kier molecular flexibility index (Phi) is 5.88. The van der Waals surface area contributed by atoms with Crippen LogP contribution in [0.3, 0.4) is 0 Å². The van der Waals surface area contributed by atoms with Crippen LogP contribution in [0.1, 0.15) is 30.6 Å². The van der Waals surface area contributed by atoms with Crippen LogP contribution in [0.2, 0.25) is 0 Å². The molecule has 0 unspecified atom stereocenters. The van der Waals surface area contributed by atoms with Gasteiger partial charge in [-0.15, -0.1) is 11.3 Å². The average Bonchev–Trinajstić information content (AvgIpc) is 2.94. The van der Waals surface area contributed by atoms with E-state index in [1.807, 2.05) is 17.5 Å². The van der Waals surface area contributed by atoms with E-state index in [1.54, 1.807) is 28.6 Å². The number of anilines is 1. The van der Waals surface area contributed by atoms with Crippen molar-refractivity contribution in [1.82, 2.24) is 4.31 Å². The van der Waals surface area contributed by atoms with Crippen molar-refractivity contribution in [2.75, 3.05) is 18.4 Å². The van der Waals surface area contributed by atoms with Crippen LogP contribution < -0.4 is 5.32 Å². The first-order valence-electron chi connectivity index (χ1n) is 8.48. The fraction of sp³-hybridized carbons (Fsp3) is 0.389. The first-order chi connectivity index (χ1) is 12.1. The highest BCUT2D eigenvalue weighted by molar-refractivity contribution is 7.89. The lowest BCUT2D eigenvalue weighted by Gasteiger charge is -2.20. The number of hydrogen-bond donors (Lipinski definition) is 1. The quantitative estimate of drug-likeness (QED) is 0.866. The van der Waals surface area contributed by atoms with Crippen molar-refractivity contribution < 1.29 is 13.2 Å². The normalized spacial score (nSPS) is 16.3. The number of thiophene rings is 1. The van der Waals surface area contributed by atoms with E-state index in [1.165, 1.54) is 11.3 Å². The molecule has 0 saturated carbocycles. The molecule has 5 nitrogen and oxygen atoms in total. The molecule has 3 rings (SSSR count). The van der Waals surface area contributed by atoms with Crippen LogP contribution in [0.25, 0.3) is 0 Å². The summed E-state index contributed by atoms with van der Waals surface area (Å²) in [6, 6.07) is 10.3. The van der Waals surface area contributed by atoms with Crippen LogP contribution in [0.5, 0.6) is 0 Å². The Morgan fingerprint density at radius 3 is 2.32 bits per heavy atom. The van der Waals surface area contributed by atoms with E-state index in [-0.39, 0.29) is 10.8 Å². The van der Waals surface area contributed by atoms with Gasteiger partial charge in [-0.2, -0.15) is 4.31 Å². The van der Waals surface area contributed by atoms with E-state index >= 15 is 0 Å². The number of nitrogens with zero attached hydrogens (tertiary/aromatic N) is 1. The van der Waals surface area contributed by atoms with Crippen molar-refractivity contribution in [3.8, 4) is 0 Å². The zero-order valence-electron chi connectivity index (χ0n) is 14.0. The third-order valence-electron chi connectivity index (χ3n) is 4.26. The predicted molar refractivity (Wildman–Crippen MR) is 100 cm³/mol. The SMILES string of the molecule is O=C(Cc1cccs1)Nc1ccc(S(=O)(=O)N2CCCCCC2)cc1. The molecule has 0 spiro atoms. The molecule has 0 radical (unpaired) electrons. The molecule has 2 heterocycles. The molecule has 7 heteroatoms. The molecule has 1 fully saturated rings. The van der Waals surface area contributed by atoms with E-state index in [0.29, 0.717) is 25.2 Å². The molecule has 1 saturated heterocycles. The molecule has 134 valence electrons. The lowest BCUT2D eigenvalue weighted by Crippen LogP contribution is -2.31. The smallest absolute Gasteiger partial charge is 0.243 e. The topological polar surface area (TPSA) is 66.5 Å². The summed E-state index contributed by atoms with van der Waals surface area (Å²) >= 11 is 1.54. The van der Waals surface area contributed by atoms with Crippen LogP contribution in [0.15, 0.2) is 46.7 Å². The maximum absolute atomic E-state index is 12.7. The summed E-state index contributed by atoms with van der Waals surface area (Å²) in [5.41, 5.74) is 0.608. The molecule has 25 heavy (non-hydrogen) atoms. The Balaban J connectivity index is 1.65. The van der Waals surface area contributed by atoms with Gasteiger partial charge in [0.05, 0.1) is 11.3 Å². The van der Waals surface area contributed by atoms with E-state index in [4.69, 9.17) is 0 Å². The van der Waals surface area contributed by atoms with Gasteiger partial charge in [-0.25, -0.2) is 8.42 Å². The first-order valence-corrected chi connectivity index (χ1v) is 10.8. The summed E-state index contributed by atoms with van der Waals surface area (Å²) in [4.78, 5) is 13.3. The molecule has 1 amide bonds. The number of benzene rings is 1. The molecular formula is C18H22N2O3S2. The molecular weight excluding hydrogens is 356 g/mol. The first kappa shape index (κ1) is 18.1. The molecule has 0 bridgehead atoms. The Morgan fingerprint density at radius 2 is 1.72 bits per heavy atom. The maximum atomic E-state index is 12.7. The standard InChI is InChI=1S/C18H22N2O3S2/c21-18(14-16-6-5-13-24-16)19-15-7-9-17(10-8-15)25(22,23)20-11-3-1-2-4-12-20/h5-10,13H,1-4,11-12,14H2,(H,19,21). The summed E-state index contributed by atoms with van der Waals surface area (Å²) in [6.45, 7) is 1.17. The zero-order chi connectivity index (χ0) is 17.7. The minimum Gasteiger partial charge on any atom is -0.326 e. The molecule has 1 aromatic heterocycles. The fourth-order valence-electron chi connectivity index (χ4n) is 2.92. The third kappa shape index (κ3) is 4.68. The fourth-order valence-corrected chi connectivity index (χ4v) is 5.14. The van der Waals surface area contributed by atoms with Crippen molar-refractivity contribution in [1.29, 1.82) is 0 Å². The van der Waals surface area contributed by atoms with Gasteiger partial charge in [0, 0.05) is 23.7 Å². The van der Waals surface area contributed by atoms with Gasteiger partial charge in [-0.3, -0.25) is 4.79 Å². The highest BCUT2D eigenvalue weighted by Gasteiger charge is 2.24. The van der Waals surface area contributed by atoms with Gasteiger partial charge in [-0.1, -0.05) is 18.9 Å². The van der Waals surface area contributed by atoms with E-state index < -0.39 is 10.0 Å². The highest BCUT2D eigenvalue weighted by Crippen LogP contribution is 2.22. The van der Waals surface area contributed by atoms with Gasteiger partial charge in [-0.05, 0) is 48.6 Å². The minimum atomic E-state index is -3.45. The van der Waals surface area contributed by atoms with Crippen molar-refractivity contribution in [2.24, 2.45) is 0 Å². The van der Waals surface area contributed by atoms with Crippen LogP contribution in [-0.2, 0) is 21.2 Å². The Labute approximate surface area is 152 Å². The van der Waals surface area contributed by atoms with Crippen LogP contribution in [0, 0.1) is 0 Å². The Hall–Kier alpha value is -1.70. The molecule has 1 N–H and O–H groups in total. The van der Waals surface area contributed by atoms with Crippen LogP contribution >= 0.6 is 11.3 Å². The monoisotopic (exact) mass is 378 g/mol. The molecule has 2 aromatic rings. The van der Waals surface area contributed by atoms with E-state index in [2.05, 4.69) is 5.32 Å². The minimum absolute atomic E-state index is 0.106. The van der Waals surface area contributed by atoms with Gasteiger partial charge in [0.1, 0.15) is 0 Å². The molecule has 0 aliphatic carbocycles. The number of carbonyl (C=O) groups is 1. The number of sulfonamides is 1. The number of carbonyl (C=O) groups excluding carboxylic acids is 1. The largest absolute Gasteiger partial charge is 0.326 e. The molecule has 1 aromatic carbocycles. The number of amides is 1. The summed E-state index contributed by atoms with van der Waals surface area (Å²) in [5.74, 6) is -0.106. The van der Waals surface area contributed by atoms with Gasteiger partial charge in [0.2, 0.25) is 15.9 Å². The summed E-state index contributed by atoms with van der Waals surface area (Å²) in [5, 5.41) is 4.74. The summed E-state index contributed by atoms with van der Waals surface area (Å²) in [7, 11) is -3.45. The average molecular weight is 379 g/mol.